The maximum atomic E-state index is 15.0. The molecular formula is C36H38F6O3. The molecule has 0 spiro atoms. The van der Waals surface area contributed by atoms with E-state index in [1.807, 2.05) is 0 Å². The summed E-state index contributed by atoms with van der Waals surface area (Å²) in [6, 6.07) is 8.25. The first-order valence-corrected chi connectivity index (χ1v) is 16.0. The second kappa shape index (κ2) is 13.5. The SMILES string of the molecule is CCC(O)c1ccc(-c2ccc(COC3CCC(C4CCC(c5ccc(C6CO6)c(F)c5F)CC4)CC3)c(F)c2F)c(F)c1F. The van der Waals surface area contributed by atoms with Crippen LogP contribution in [-0.4, -0.2) is 17.8 Å². The smallest absolute Gasteiger partial charge is 0.167 e. The maximum Gasteiger partial charge on any atom is 0.167 e. The van der Waals surface area contributed by atoms with Crippen LogP contribution in [0.4, 0.5) is 26.3 Å². The van der Waals surface area contributed by atoms with E-state index >= 15 is 4.39 Å². The summed E-state index contributed by atoms with van der Waals surface area (Å²) in [5, 5.41) is 9.89. The average molecular weight is 633 g/mol. The van der Waals surface area contributed by atoms with Crippen LogP contribution in [0.5, 0.6) is 0 Å². The number of hydrogen-bond acceptors (Lipinski definition) is 3. The van der Waals surface area contributed by atoms with Gasteiger partial charge in [0.1, 0.15) is 6.10 Å². The van der Waals surface area contributed by atoms with Crippen LogP contribution in [0, 0.1) is 46.7 Å². The summed E-state index contributed by atoms with van der Waals surface area (Å²) in [5.74, 6) is -5.56. The van der Waals surface area contributed by atoms with Crippen molar-refractivity contribution >= 4 is 0 Å². The molecule has 45 heavy (non-hydrogen) atoms. The molecule has 6 rings (SSSR count). The Balaban J connectivity index is 1.00. The summed E-state index contributed by atoms with van der Waals surface area (Å²) >= 11 is 0. The summed E-state index contributed by atoms with van der Waals surface area (Å²) in [7, 11) is 0. The van der Waals surface area contributed by atoms with Gasteiger partial charge in [-0.3, -0.25) is 0 Å². The molecule has 3 fully saturated rings. The van der Waals surface area contributed by atoms with Crippen LogP contribution in [0.3, 0.4) is 0 Å². The predicted molar refractivity (Wildman–Crippen MR) is 157 cm³/mol. The maximum absolute atomic E-state index is 15.0. The Kier molecular flexibility index (Phi) is 9.60. The fourth-order valence-corrected chi connectivity index (χ4v) is 7.37. The van der Waals surface area contributed by atoms with Gasteiger partial charge in [0.05, 0.1) is 25.4 Å². The van der Waals surface area contributed by atoms with E-state index in [1.165, 1.54) is 18.2 Å². The second-order valence-electron chi connectivity index (χ2n) is 12.8. The first-order valence-electron chi connectivity index (χ1n) is 16.0. The quantitative estimate of drug-likeness (QED) is 0.189. The molecule has 3 aromatic carbocycles. The third-order valence-corrected chi connectivity index (χ3v) is 10.2. The Morgan fingerprint density at radius 3 is 1.87 bits per heavy atom. The van der Waals surface area contributed by atoms with E-state index in [1.54, 1.807) is 19.1 Å². The molecule has 3 nitrogen and oxygen atoms in total. The normalized spacial score (nSPS) is 25.7. The Labute approximate surface area is 259 Å². The molecule has 242 valence electrons. The number of aliphatic hydroxyl groups is 1. The topological polar surface area (TPSA) is 42.0 Å². The number of ether oxygens (including phenoxy) is 2. The van der Waals surface area contributed by atoms with Gasteiger partial charge in [-0.1, -0.05) is 43.3 Å². The minimum absolute atomic E-state index is 0.00281. The van der Waals surface area contributed by atoms with Crippen molar-refractivity contribution in [3.63, 3.8) is 0 Å². The number of benzene rings is 3. The van der Waals surface area contributed by atoms with E-state index in [0.29, 0.717) is 29.6 Å². The number of rotatable bonds is 9. The summed E-state index contributed by atoms with van der Waals surface area (Å²) in [5.41, 5.74) is -0.295. The zero-order valence-corrected chi connectivity index (χ0v) is 25.2. The van der Waals surface area contributed by atoms with E-state index in [4.69, 9.17) is 9.47 Å². The third-order valence-electron chi connectivity index (χ3n) is 10.2. The highest BCUT2D eigenvalue weighted by atomic mass is 19.2. The largest absolute Gasteiger partial charge is 0.388 e. The van der Waals surface area contributed by atoms with Crippen LogP contribution in [0.15, 0.2) is 36.4 Å². The van der Waals surface area contributed by atoms with E-state index < -0.39 is 52.1 Å². The molecule has 2 saturated carbocycles. The Hall–Kier alpha value is -2.88. The molecule has 0 amide bonds. The minimum atomic E-state index is -1.34. The standard InChI is InChI=1S/C36H38F6O3/c1-2-29(43)27-15-14-26(34(40)35(27)41)25-12-9-22(31(37)33(25)39)17-44-23-10-7-20(8-11-23)19-3-5-21(6-4-19)24-13-16-28(30-18-45-30)36(42)32(24)38/h9,12-16,19-21,23,29-30,43H,2-8,10-11,17-18H2,1H3. The van der Waals surface area contributed by atoms with Crippen LogP contribution in [0.2, 0.25) is 0 Å². The van der Waals surface area contributed by atoms with Gasteiger partial charge >= 0.3 is 0 Å². The molecule has 1 aliphatic heterocycles. The summed E-state index contributed by atoms with van der Waals surface area (Å²) < 4.78 is 99.7. The molecule has 1 heterocycles. The lowest BCUT2D eigenvalue weighted by molar-refractivity contribution is -0.00322. The van der Waals surface area contributed by atoms with Crippen molar-refractivity contribution in [1.29, 1.82) is 0 Å². The second-order valence-corrected chi connectivity index (χ2v) is 12.8. The molecule has 1 saturated heterocycles. The molecule has 0 bridgehead atoms. The van der Waals surface area contributed by atoms with Gasteiger partial charge in [0.25, 0.3) is 0 Å². The highest BCUT2D eigenvalue weighted by Gasteiger charge is 2.35. The van der Waals surface area contributed by atoms with E-state index in [9.17, 15) is 27.1 Å². The molecule has 3 aromatic rings. The summed E-state index contributed by atoms with van der Waals surface area (Å²) in [6.07, 6.45) is 5.58. The van der Waals surface area contributed by atoms with Crippen LogP contribution in [-0.2, 0) is 16.1 Å². The Morgan fingerprint density at radius 1 is 0.689 bits per heavy atom. The van der Waals surface area contributed by atoms with Crippen molar-refractivity contribution in [2.45, 2.75) is 95.5 Å². The zero-order valence-electron chi connectivity index (χ0n) is 25.2. The van der Waals surface area contributed by atoms with Gasteiger partial charge in [-0.15, -0.1) is 0 Å². The summed E-state index contributed by atoms with van der Waals surface area (Å²) in [4.78, 5) is 0. The number of hydrogen-bond donors (Lipinski definition) is 1. The van der Waals surface area contributed by atoms with Gasteiger partial charge in [0.2, 0.25) is 0 Å². The molecule has 2 atom stereocenters. The van der Waals surface area contributed by atoms with E-state index in [2.05, 4.69) is 0 Å². The Bertz CT molecular complexity index is 1520. The number of halogens is 6. The van der Waals surface area contributed by atoms with Gasteiger partial charge in [0.15, 0.2) is 34.9 Å². The van der Waals surface area contributed by atoms with Crippen LogP contribution in [0.25, 0.3) is 11.1 Å². The minimum Gasteiger partial charge on any atom is -0.388 e. The fourth-order valence-electron chi connectivity index (χ4n) is 7.37. The molecule has 0 radical (unpaired) electrons. The van der Waals surface area contributed by atoms with Crippen molar-refractivity contribution in [1.82, 2.24) is 0 Å². The van der Waals surface area contributed by atoms with E-state index in [-0.39, 0.29) is 42.3 Å². The number of aliphatic hydroxyl groups excluding tert-OH is 1. The third kappa shape index (κ3) is 6.54. The van der Waals surface area contributed by atoms with Gasteiger partial charge in [-0.05, 0) is 81.1 Å². The average Bonchev–Trinajstić information content (AvgIpc) is 3.90. The zero-order chi connectivity index (χ0) is 31.8. The van der Waals surface area contributed by atoms with Crippen molar-refractivity contribution in [3.8, 4) is 11.1 Å². The van der Waals surface area contributed by atoms with Crippen LogP contribution in [0.1, 0.15) is 105 Å². The molecule has 0 aromatic heterocycles. The molecule has 9 heteroatoms. The predicted octanol–water partition coefficient (Wildman–Crippen LogP) is 9.75. The van der Waals surface area contributed by atoms with Crippen molar-refractivity contribution in [2.75, 3.05) is 6.61 Å². The molecule has 3 aliphatic rings. The number of epoxide rings is 1. The lowest BCUT2D eigenvalue weighted by Crippen LogP contribution is -2.28. The van der Waals surface area contributed by atoms with Gasteiger partial charge < -0.3 is 14.6 Å². The van der Waals surface area contributed by atoms with E-state index in [0.717, 1.165) is 57.4 Å². The highest BCUT2D eigenvalue weighted by molar-refractivity contribution is 5.66. The summed E-state index contributed by atoms with van der Waals surface area (Å²) in [6.45, 7) is 1.91. The van der Waals surface area contributed by atoms with Gasteiger partial charge in [0, 0.05) is 27.8 Å². The first-order chi connectivity index (χ1) is 21.7. The van der Waals surface area contributed by atoms with Crippen LogP contribution >= 0.6 is 0 Å². The molecule has 1 N–H and O–H groups in total. The monoisotopic (exact) mass is 632 g/mol. The van der Waals surface area contributed by atoms with Crippen molar-refractivity contribution < 1.29 is 40.9 Å². The highest BCUT2D eigenvalue weighted by Crippen LogP contribution is 2.45. The molecule has 2 unspecified atom stereocenters. The molecule has 2 aliphatic carbocycles. The van der Waals surface area contributed by atoms with Gasteiger partial charge in [-0.2, -0.15) is 0 Å². The van der Waals surface area contributed by atoms with Crippen molar-refractivity contribution in [2.24, 2.45) is 11.8 Å². The van der Waals surface area contributed by atoms with Crippen molar-refractivity contribution in [3.05, 3.63) is 93.6 Å². The molecular weight excluding hydrogens is 594 g/mol. The lowest BCUT2D eigenvalue weighted by atomic mass is 9.69. The van der Waals surface area contributed by atoms with Crippen LogP contribution < -0.4 is 0 Å². The van der Waals surface area contributed by atoms with Gasteiger partial charge in [-0.25, -0.2) is 26.3 Å². The Morgan fingerprint density at radius 2 is 1.24 bits per heavy atom. The fraction of sp³-hybridized carbons (Fsp3) is 0.500. The first kappa shape index (κ1) is 32.1. The lowest BCUT2D eigenvalue weighted by Gasteiger charge is -2.38.